The van der Waals surface area contributed by atoms with Crippen molar-refractivity contribution in [2.24, 2.45) is 0 Å². The molecule has 0 fully saturated rings. The number of methoxy groups -OCH3 is 1. The van der Waals surface area contributed by atoms with Crippen LogP contribution in [0.4, 0.5) is 0 Å². The highest BCUT2D eigenvalue weighted by atomic mass is 16.5. The third-order valence-corrected chi connectivity index (χ3v) is 1.73. The summed E-state index contributed by atoms with van der Waals surface area (Å²) in [6.07, 6.45) is 1.75. The van der Waals surface area contributed by atoms with Gasteiger partial charge in [0, 0.05) is 11.6 Å². The van der Waals surface area contributed by atoms with Gasteiger partial charge < -0.3 is 4.74 Å². The van der Waals surface area contributed by atoms with Gasteiger partial charge in [0.2, 0.25) is 0 Å². The first-order chi connectivity index (χ1) is 5.92. The zero-order valence-corrected chi connectivity index (χ0v) is 6.74. The molecule has 12 heavy (non-hydrogen) atoms. The van der Waals surface area contributed by atoms with Crippen LogP contribution in [0.2, 0.25) is 0 Å². The third kappa shape index (κ3) is 1.01. The molecule has 0 aliphatic rings. The van der Waals surface area contributed by atoms with Crippen LogP contribution in [0.25, 0.3) is 10.9 Å². The molecule has 1 heterocycles. The van der Waals surface area contributed by atoms with Gasteiger partial charge in [-0.05, 0) is 24.3 Å². The highest BCUT2D eigenvalue weighted by molar-refractivity contribution is 5.83. The zero-order chi connectivity index (χ0) is 8.39. The Morgan fingerprint density at radius 3 is 3.17 bits per heavy atom. The number of aromatic nitrogens is 1. The molecule has 0 aliphatic carbocycles. The van der Waals surface area contributed by atoms with Crippen molar-refractivity contribution in [3.63, 3.8) is 0 Å². The van der Waals surface area contributed by atoms with Gasteiger partial charge in [-0.25, -0.2) is 0 Å². The summed E-state index contributed by atoms with van der Waals surface area (Å²) in [5.41, 5.74) is 0.863. The van der Waals surface area contributed by atoms with E-state index in [0.29, 0.717) is 0 Å². The van der Waals surface area contributed by atoms with E-state index in [2.05, 4.69) is 11.1 Å². The topological polar surface area (TPSA) is 22.1 Å². The molecule has 0 spiro atoms. The second-order valence-electron chi connectivity index (χ2n) is 2.45. The molecule has 0 saturated heterocycles. The highest BCUT2D eigenvalue weighted by Gasteiger charge is 1.99. The normalized spacial score (nSPS) is 10.1. The summed E-state index contributed by atoms with van der Waals surface area (Å²) in [7, 11) is 1.64. The quantitative estimate of drug-likeness (QED) is 0.633. The van der Waals surface area contributed by atoms with Crippen molar-refractivity contribution < 1.29 is 4.74 Å². The summed E-state index contributed by atoms with van der Waals surface area (Å²) >= 11 is 0. The first-order valence-corrected chi connectivity index (χ1v) is 3.71. The number of benzene rings is 1. The first-order valence-electron chi connectivity index (χ1n) is 3.71. The van der Waals surface area contributed by atoms with Crippen LogP contribution in [0.1, 0.15) is 0 Å². The minimum Gasteiger partial charge on any atom is -0.494 e. The molecule has 0 bridgehead atoms. The van der Waals surface area contributed by atoms with Gasteiger partial charge in [-0.1, -0.05) is 6.07 Å². The largest absolute Gasteiger partial charge is 0.494 e. The van der Waals surface area contributed by atoms with Crippen molar-refractivity contribution in [1.82, 2.24) is 4.98 Å². The number of ether oxygens (including phenoxy) is 1. The van der Waals surface area contributed by atoms with E-state index in [1.54, 1.807) is 13.3 Å². The SMILES string of the molecule is COc1cc[c]c2cccnc12. The van der Waals surface area contributed by atoms with Gasteiger partial charge in [-0.15, -0.1) is 0 Å². The zero-order valence-electron chi connectivity index (χ0n) is 6.74. The number of nitrogens with zero attached hydrogens (tertiary/aromatic N) is 1. The highest BCUT2D eigenvalue weighted by Crippen LogP contribution is 2.21. The molecule has 0 saturated carbocycles. The fourth-order valence-corrected chi connectivity index (χ4v) is 1.17. The van der Waals surface area contributed by atoms with Crippen molar-refractivity contribution in [2.45, 2.75) is 0 Å². The van der Waals surface area contributed by atoms with E-state index < -0.39 is 0 Å². The van der Waals surface area contributed by atoms with Crippen molar-refractivity contribution in [3.05, 3.63) is 36.5 Å². The fourth-order valence-electron chi connectivity index (χ4n) is 1.17. The van der Waals surface area contributed by atoms with E-state index in [1.165, 1.54) is 0 Å². The van der Waals surface area contributed by atoms with Crippen LogP contribution in [0, 0.1) is 6.07 Å². The van der Waals surface area contributed by atoms with Crippen molar-refractivity contribution >= 4 is 10.9 Å². The maximum absolute atomic E-state index is 5.14. The molecule has 59 valence electrons. The molecule has 2 nitrogen and oxygen atoms in total. The van der Waals surface area contributed by atoms with E-state index in [0.717, 1.165) is 16.7 Å². The summed E-state index contributed by atoms with van der Waals surface area (Å²) < 4.78 is 5.14. The number of rotatable bonds is 1. The summed E-state index contributed by atoms with van der Waals surface area (Å²) in [5.74, 6) is 0.796. The number of hydrogen-bond donors (Lipinski definition) is 0. The Bertz CT molecular complexity index is 392. The van der Waals surface area contributed by atoms with Gasteiger partial charge in [0.1, 0.15) is 11.3 Å². The predicted molar refractivity (Wildman–Crippen MR) is 47.1 cm³/mol. The lowest BCUT2D eigenvalue weighted by molar-refractivity contribution is 0.419. The summed E-state index contributed by atoms with van der Waals surface area (Å²) in [5, 5.41) is 0.983. The minimum atomic E-state index is 0.796. The van der Waals surface area contributed by atoms with E-state index in [9.17, 15) is 0 Å². The van der Waals surface area contributed by atoms with Gasteiger partial charge in [0.15, 0.2) is 0 Å². The van der Waals surface area contributed by atoms with Gasteiger partial charge in [-0.3, -0.25) is 4.98 Å². The molecule has 0 N–H and O–H groups in total. The number of fused-ring (bicyclic) bond motifs is 1. The van der Waals surface area contributed by atoms with Gasteiger partial charge >= 0.3 is 0 Å². The van der Waals surface area contributed by atoms with E-state index >= 15 is 0 Å². The molecule has 2 heteroatoms. The molecule has 0 amide bonds. The minimum absolute atomic E-state index is 0.796. The molecule has 0 aliphatic heterocycles. The Morgan fingerprint density at radius 1 is 1.42 bits per heavy atom. The first kappa shape index (κ1) is 7.10. The third-order valence-electron chi connectivity index (χ3n) is 1.73. The molecule has 1 radical (unpaired) electrons. The Kier molecular flexibility index (Phi) is 1.67. The Labute approximate surface area is 70.8 Å². The second kappa shape index (κ2) is 2.81. The Hall–Kier alpha value is -1.57. The van der Waals surface area contributed by atoms with E-state index in [1.807, 2.05) is 24.3 Å². The fraction of sp³-hybridized carbons (Fsp3) is 0.100. The van der Waals surface area contributed by atoms with Crippen LogP contribution >= 0.6 is 0 Å². The average molecular weight is 158 g/mol. The van der Waals surface area contributed by atoms with E-state index in [-0.39, 0.29) is 0 Å². The van der Waals surface area contributed by atoms with Crippen LogP contribution in [-0.4, -0.2) is 12.1 Å². The number of hydrogen-bond acceptors (Lipinski definition) is 2. The van der Waals surface area contributed by atoms with Gasteiger partial charge in [0.05, 0.1) is 7.11 Å². The molecule has 2 rings (SSSR count). The van der Waals surface area contributed by atoms with Crippen LogP contribution in [0.3, 0.4) is 0 Å². The second-order valence-corrected chi connectivity index (χ2v) is 2.45. The predicted octanol–water partition coefficient (Wildman–Crippen LogP) is 2.04. The molecule has 2 aromatic rings. The summed E-state index contributed by atoms with van der Waals surface area (Å²) in [6.45, 7) is 0. The average Bonchev–Trinajstić information content (AvgIpc) is 2.17. The lowest BCUT2D eigenvalue weighted by atomic mass is 10.2. The van der Waals surface area contributed by atoms with Crippen LogP contribution in [0.15, 0.2) is 30.5 Å². The van der Waals surface area contributed by atoms with Crippen molar-refractivity contribution in [1.29, 1.82) is 0 Å². The van der Waals surface area contributed by atoms with Gasteiger partial charge in [-0.2, -0.15) is 0 Å². The maximum atomic E-state index is 5.14. The van der Waals surface area contributed by atoms with Crippen LogP contribution in [0.5, 0.6) is 5.75 Å². The smallest absolute Gasteiger partial charge is 0.145 e. The molecule has 1 aromatic heterocycles. The molecule has 0 unspecified atom stereocenters. The number of pyridine rings is 1. The Balaban J connectivity index is 2.79. The van der Waals surface area contributed by atoms with Crippen molar-refractivity contribution in [3.8, 4) is 5.75 Å². The lowest BCUT2D eigenvalue weighted by Gasteiger charge is -2.01. The lowest BCUT2D eigenvalue weighted by Crippen LogP contribution is -1.86. The van der Waals surface area contributed by atoms with Crippen molar-refractivity contribution in [2.75, 3.05) is 7.11 Å². The Morgan fingerprint density at radius 2 is 2.33 bits per heavy atom. The maximum Gasteiger partial charge on any atom is 0.145 e. The van der Waals surface area contributed by atoms with Gasteiger partial charge in [0.25, 0.3) is 0 Å². The molecule has 1 aromatic carbocycles. The monoisotopic (exact) mass is 158 g/mol. The standard InChI is InChI=1S/C10H8NO/c1-12-9-6-2-4-8-5-3-7-11-10(8)9/h2-3,5-7H,1H3. The van der Waals surface area contributed by atoms with E-state index in [4.69, 9.17) is 4.74 Å². The van der Waals surface area contributed by atoms with Crippen LogP contribution in [-0.2, 0) is 0 Å². The molecular weight excluding hydrogens is 150 g/mol. The van der Waals surface area contributed by atoms with Crippen LogP contribution < -0.4 is 4.74 Å². The summed E-state index contributed by atoms with van der Waals surface area (Å²) in [6, 6.07) is 10.6. The molecule has 0 atom stereocenters. The molecular formula is C10H8NO. The summed E-state index contributed by atoms with van der Waals surface area (Å²) in [4.78, 5) is 4.20.